The minimum atomic E-state index is -5.01. The van der Waals surface area contributed by atoms with Crippen LogP contribution in [0.25, 0.3) is 0 Å². The second-order valence-corrected chi connectivity index (χ2v) is 8.45. The Bertz CT molecular complexity index is 937. The largest absolute Gasteiger partial charge is 0.444 e. The van der Waals surface area contributed by atoms with Crippen LogP contribution in [0.3, 0.4) is 0 Å². The van der Waals surface area contributed by atoms with Gasteiger partial charge in [0.25, 0.3) is 5.91 Å². The van der Waals surface area contributed by atoms with Crippen LogP contribution in [-0.2, 0) is 16.1 Å². The van der Waals surface area contributed by atoms with Gasteiger partial charge in [0.2, 0.25) is 5.54 Å². The van der Waals surface area contributed by atoms with Crippen molar-refractivity contribution in [3.8, 4) is 0 Å². The zero-order chi connectivity index (χ0) is 22.9. The van der Waals surface area contributed by atoms with Gasteiger partial charge in [-0.05, 0) is 39.2 Å². The molecule has 168 valence electrons. The maximum Gasteiger partial charge on any atom is 0.420 e. The van der Waals surface area contributed by atoms with Gasteiger partial charge in [0.15, 0.2) is 5.82 Å². The topological polar surface area (TPSA) is 76.5 Å². The summed E-state index contributed by atoms with van der Waals surface area (Å²) in [5, 5.41) is 6.09. The molecule has 1 atom stereocenters. The lowest BCUT2D eigenvalue weighted by Crippen LogP contribution is -2.70. The molecule has 1 N–H and O–H groups in total. The molecule has 2 aromatic rings. The molecule has 0 spiro atoms. The Morgan fingerprint density at radius 1 is 1.19 bits per heavy atom. The molecule has 1 unspecified atom stereocenters. The van der Waals surface area contributed by atoms with Crippen LogP contribution in [0.15, 0.2) is 42.6 Å². The number of alkyl carbamates (subject to hydrolysis) is 1. The number of carbonyl (C=O) groups is 2. The van der Waals surface area contributed by atoms with Crippen molar-refractivity contribution in [1.82, 2.24) is 15.1 Å². The predicted octanol–water partition coefficient (Wildman–Crippen LogP) is 3.88. The van der Waals surface area contributed by atoms with Gasteiger partial charge in [-0.15, -0.1) is 0 Å². The lowest BCUT2D eigenvalue weighted by Gasteiger charge is -2.42. The first-order chi connectivity index (χ1) is 14.4. The fraction of sp³-hybridized carbons (Fsp3) is 0.476. The maximum absolute atomic E-state index is 14.1. The van der Waals surface area contributed by atoms with E-state index in [1.54, 1.807) is 10.9 Å². The first-order valence-electron chi connectivity index (χ1n) is 9.88. The summed E-state index contributed by atoms with van der Waals surface area (Å²) in [4.78, 5) is 26.2. The summed E-state index contributed by atoms with van der Waals surface area (Å²) >= 11 is 0. The Hall–Kier alpha value is -3.04. The average molecular weight is 438 g/mol. The van der Waals surface area contributed by atoms with E-state index in [2.05, 4.69) is 5.10 Å². The quantitative estimate of drug-likeness (QED) is 0.786. The van der Waals surface area contributed by atoms with Gasteiger partial charge in [0.1, 0.15) is 5.60 Å². The summed E-state index contributed by atoms with van der Waals surface area (Å²) < 4.78 is 48.8. The zero-order valence-electron chi connectivity index (χ0n) is 17.6. The van der Waals surface area contributed by atoms with E-state index in [-0.39, 0.29) is 18.8 Å². The summed E-state index contributed by atoms with van der Waals surface area (Å²) in [5.74, 6) is -1.18. The smallest absolute Gasteiger partial charge is 0.420 e. The number of anilines is 1. The van der Waals surface area contributed by atoms with Crippen LogP contribution >= 0.6 is 0 Å². The highest BCUT2D eigenvalue weighted by atomic mass is 19.4. The molecule has 3 rings (SSSR count). The predicted molar refractivity (Wildman–Crippen MR) is 108 cm³/mol. The van der Waals surface area contributed by atoms with Crippen molar-refractivity contribution in [3.05, 3.63) is 48.2 Å². The number of hydrogen-bond acceptors (Lipinski definition) is 4. The fourth-order valence-corrected chi connectivity index (χ4v) is 3.44. The number of hydrogen-bond donors (Lipinski definition) is 1. The van der Waals surface area contributed by atoms with E-state index in [1.807, 2.05) is 35.6 Å². The van der Waals surface area contributed by atoms with Gasteiger partial charge in [-0.3, -0.25) is 19.7 Å². The Morgan fingerprint density at radius 3 is 2.48 bits per heavy atom. The molecule has 1 aliphatic heterocycles. The van der Waals surface area contributed by atoms with Crippen molar-refractivity contribution in [2.24, 2.45) is 0 Å². The number of carbonyl (C=O) groups excluding carboxylic acids is 2. The van der Waals surface area contributed by atoms with Crippen molar-refractivity contribution >= 4 is 17.8 Å². The first kappa shape index (κ1) is 22.6. The van der Waals surface area contributed by atoms with Crippen LogP contribution in [0.4, 0.5) is 23.8 Å². The highest BCUT2D eigenvalue weighted by Crippen LogP contribution is 2.39. The molecule has 0 bridgehead atoms. The lowest BCUT2D eigenvalue weighted by atomic mass is 9.87. The number of piperidine rings is 1. The van der Waals surface area contributed by atoms with E-state index in [0.29, 0.717) is 6.54 Å². The van der Waals surface area contributed by atoms with E-state index in [4.69, 9.17) is 4.74 Å². The third-order valence-electron chi connectivity index (χ3n) is 4.83. The van der Waals surface area contributed by atoms with E-state index >= 15 is 0 Å². The number of aromatic nitrogens is 2. The first-order valence-corrected chi connectivity index (χ1v) is 9.88. The molecule has 10 heteroatoms. The number of alkyl halides is 3. The zero-order valence-corrected chi connectivity index (χ0v) is 17.6. The van der Waals surface area contributed by atoms with Crippen molar-refractivity contribution in [3.63, 3.8) is 0 Å². The summed E-state index contributed by atoms with van der Waals surface area (Å²) in [6, 6.07) is 10.9. The van der Waals surface area contributed by atoms with Crippen molar-refractivity contribution in [1.29, 1.82) is 0 Å². The number of amides is 2. The number of nitrogens with zero attached hydrogens (tertiary/aromatic N) is 3. The van der Waals surface area contributed by atoms with Crippen molar-refractivity contribution in [2.45, 2.75) is 57.5 Å². The van der Waals surface area contributed by atoms with Gasteiger partial charge in [0.05, 0.1) is 6.54 Å². The number of benzene rings is 1. The number of halogens is 3. The summed E-state index contributed by atoms with van der Waals surface area (Å²) in [5.41, 5.74) is -3.13. The Morgan fingerprint density at radius 2 is 1.87 bits per heavy atom. The Balaban J connectivity index is 1.85. The van der Waals surface area contributed by atoms with Gasteiger partial charge < -0.3 is 4.74 Å². The molecule has 1 aliphatic rings. The molecule has 1 saturated heterocycles. The molecule has 0 radical (unpaired) electrons. The van der Waals surface area contributed by atoms with E-state index in [1.165, 1.54) is 26.8 Å². The van der Waals surface area contributed by atoms with Crippen LogP contribution in [0.2, 0.25) is 0 Å². The third-order valence-corrected chi connectivity index (χ3v) is 4.83. The molecule has 1 fully saturated rings. The molecule has 1 aromatic heterocycles. The standard InChI is InChI=1S/C21H25F3N4O3/c1-19(2,3)31-18(30)25-20(21(22,23)24)11-7-12-28(17(20)29)16-10-13-27(26-16)14-15-8-5-4-6-9-15/h4-6,8-10,13H,7,11-12,14H2,1-3H3,(H,25,30). The van der Waals surface area contributed by atoms with Gasteiger partial charge in [-0.1, -0.05) is 30.3 Å². The van der Waals surface area contributed by atoms with Crippen molar-refractivity contribution < 1.29 is 27.5 Å². The van der Waals surface area contributed by atoms with Crippen LogP contribution in [0, 0.1) is 0 Å². The van der Waals surface area contributed by atoms with E-state index in [0.717, 1.165) is 10.5 Å². The SMILES string of the molecule is CC(C)(C)OC(=O)NC1(C(F)(F)F)CCCN(c2ccn(Cc3ccccc3)n2)C1=O. The van der Waals surface area contributed by atoms with E-state index in [9.17, 15) is 22.8 Å². The summed E-state index contributed by atoms with van der Waals surface area (Å²) in [6.45, 7) is 5.06. The Labute approximate surface area is 178 Å². The molecule has 7 nitrogen and oxygen atoms in total. The molecule has 31 heavy (non-hydrogen) atoms. The minimum absolute atomic E-state index is 0.0343. The number of ether oxygens (including phenoxy) is 1. The average Bonchev–Trinajstić information content (AvgIpc) is 3.10. The second-order valence-electron chi connectivity index (χ2n) is 8.45. The van der Waals surface area contributed by atoms with Gasteiger partial charge in [-0.2, -0.15) is 18.3 Å². The summed E-state index contributed by atoms with van der Waals surface area (Å²) in [6.07, 6.45) is -5.25. The highest BCUT2D eigenvalue weighted by molar-refractivity contribution is 6.02. The summed E-state index contributed by atoms with van der Waals surface area (Å²) in [7, 11) is 0. The number of nitrogens with one attached hydrogen (secondary N) is 1. The lowest BCUT2D eigenvalue weighted by molar-refractivity contribution is -0.201. The highest BCUT2D eigenvalue weighted by Gasteiger charge is 2.64. The molecule has 2 heterocycles. The normalized spacial score (nSPS) is 19.9. The van der Waals surface area contributed by atoms with Crippen molar-refractivity contribution in [2.75, 3.05) is 11.4 Å². The molecule has 1 aromatic carbocycles. The van der Waals surface area contributed by atoms with Gasteiger partial charge in [0, 0.05) is 18.8 Å². The molecular weight excluding hydrogens is 413 g/mol. The van der Waals surface area contributed by atoms with Gasteiger partial charge in [-0.25, -0.2) is 4.79 Å². The molecule has 2 amide bonds. The third kappa shape index (κ3) is 5.00. The maximum atomic E-state index is 14.1. The van der Waals surface area contributed by atoms with Crippen LogP contribution < -0.4 is 10.2 Å². The molecule has 0 aliphatic carbocycles. The minimum Gasteiger partial charge on any atom is -0.444 e. The van der Waals surface area contributed by atoms with E-state index < -0.39 is 35.7 Å². The van der Waals surface area contributed by atoms with Gasteiger partial charge >= 0.3 is 12.3 Å². The van der Waals surface area contributed by atoms with Crippen LogP contribution in [0.5, 0.6) is 0 Å². The monoisotopic (exact) mass is 438 g/mol. The van der Waals surface area contributed by atoms with Crippen LogP contribution in [0.1, 0.15) is 39.2 Å². The number of rotatable bonds is 4. The fourth-order valence-electron chi connectivity index (χ4n) is 3.44. The second kappa shape index (κ2) is 8.24. The Kier molecular flexibility index (Phi) is 6.02. The molecular formula is C21H25F3N4O3. The molecule has 0 saturated carbocycles. The van der Waals surface area contributed by atoms with Crippen LogP contribution in [-0.4, -0.2) is 45.6 Å².